The lowest BCUT2D eigenvalue weighted by molar-refractivity contribution is -0.230. The summed E-state index contributed by atoms with van der Waals surface area (Å²) in [4.78, 5) is 36.5. The number of ether oxygens (including phenoxy) is 1. The Labute approximate surface area is 240 Å². The summed E-state index contributed by atoms with van der Waals surface area (Å²) in [5.74, 6) is -4.34. The normalized spacial score (nSPS) is 28.2. The van der Waals surface area contributed by atoms with E-state index in [4.69, 9.17) is 16.2 Å². The lowest BCUT2D eigenvalue weighted by atomic mass is 9.79. The molecule has 13 nitrogen and oxygen atoms in total. The van der Waals surface area contributed by atoms with Gasteiger partial charge in [-0.05, 0) is 30.0 Å². The minimum atomic E-state index is -2.67. The molecule has 42 heavy (non-hydrogen) atoms. The standard InChI is InChI=1S/C28H33FN8O5/c1-26(2)10-11-42-20-15(7-5-8-16(20)26)23(39)34-19-13-37-25(31)33-18(12-32-22(38)14-6-3-4-9-17(14)29)21-27(37,28(19,40)41)36-24(30)35-21/h3-9,18-19,21,40-41H,10-13H2,1-2H3,(H2,31,33)(H,32,38)(H,34,39)(H3,30,35,36). The predicted octanol–water partition coefficient (Wildman–Crippen LogP) is -0.910. The Morgan fingerprint density at radius 2 is 1.86 bits per heavy atom. The molecule has 0 bridgehead atoms. The Morgan fingerprint density at radius 1 is 1.12 bits per heavy atom. The molecule has 0 radical (unpaired) electrons. The van der Waals surface area contributed by atoms with E-state index in [0.717, 1.165) is 12.0 Å². The summed E-state index contributed by atoms with van der Waals surface area (Å²) in [7, 11) is 0. The largest absolute Gasteiger partial charge is 0.492 e. The number of para-hydroxylation sites is 1. The number of amides is 2. The van der Waals surface area contributed by atoms with Crippen molar-refractivity contribution in [3.8, 4) is 5.75 Å². The van der Waals surface area contributed by atoms with Crippen molar-refractivity contribution in [1.82, 2.24) is 20.9 Å². The molecule has 14 heteroatoms. The molecule has 0 saturated carbocycles. The van der Waals surface area contributed by atoms with Crippen LogP contribution in [0.15, 0.2) is 52.4 Å². The van der Waals surface area contributed by atoms with Gasteiger partial charge in [0.2, 0.25) is 5.79 Å². The van der Waals surface area contributed by atoms with Crippen LogP contribution in [0, 0.1) is 5.82 Å². The molecule has 4 aliphatic rings. The molecule has 2 aromatic rings. The Bertz CT molecular complexity index is 1530. The van der Waals surface area contributed by atoms with Gasteiger partial charge in [-0.2, -0.15) is 0 Å². The number of hydrogen-bond acceptors (Lipinski definition) is 11. The van der Waals surface area contributed by atoms with Gasteiger partial charge in [-0.3, -0.25) is 9.59 Å². The molecule has 1 saturated heterocycles. The van der Waals surface area contributed by atoms with Gasteiger partial charge in [0.1, 0.15) is 23.7 Å². The van der Waals surface area contributed by atoms with E-state index >= 15 is 0 Å². The van der Waals surface area contributed by atoms with Gasteiger partial charge < -0.3 is 47.3 Å². The number of nitrogens with zero attached hydrogens (tertiary/aromatic N) is 3. The maximum Gasteiger partial charge on any atom is 0.255 e. The predicted molar refractivity (Wildman–Crippen MR) is 150 cm³/mol. The van der Waals surface area contributed by atoms with Crippen LogP contribution in [0.25, 0.3) is 0 Å². The number of carbonyl (C=O) groups excluding carboxylic acids is 2. The molecular weight excluding hydrogens is 547 g/mol. The first-order valence-electron chi connectivity index (χ1n) is 13.6. The van der Waals surface area contributed by atoms with E-state index in [0.29, 0.717) is 12.4 Å². The Kier molecular flexibility index (Phi) is 6.31. The first kappa shape index (κ1) is 27.7. The number of guanidine groups is 2. The van der Waals surface area contributed by atoms with Crippen molar-refractivity contribution in [2.45, 2.75) is 55.3 Å². The third-order valence-corrected chi connectivity index (χ3v) is 8.66. The second kappa shape index (κ2) is 9.56. The van der Waals surface area contributed by atoms with Crippen molar-refractivity contribution in [2.75, 3.05) is 19.7 Å². The fourth-order valence-corrected chi connectivity index (χ4v) is 6.37. The van der Waals surface area contributed by atoms with Gasteiger partial charge in [0, 0.05) is 18.7 Å². The van der Waals surface area contributed by atoms with Gasteiger partial charge >= 0.3 is 0 Å². The second-order valence-corrected chi connectivity index (χ2v) is 11.6. The smallest absolute Gasteiger partial charge is 0.255 e. The van der Waals surface area contributed by atoms with Crippen molar-refractivity contribution in [1.29, 1.82) is 0 Å². The summed E-state index contributed by atoms with van der Waals surface area (Å²) < 4.78 is 20.0. The Balaban J connectivity index is 1.27. The van der Waals surface area contributed by atoms with Crippen molar-refractivity contribution in [3.63, 3.8) is 0 Å². The van der Waals surface area contributed by atoms with Gasteiger partial charge in [-0.15, -0.1) is 0 Å². The summed E-state index contributed by atoms with van der Waals surface area (Å²) in [5, 5.41) is 31.6. The van der Waals surface area contributed by atoms with Crippen LogP contribution in [0.2, 0.25) is 0 Å². The highest BCUT2D eigenvalue weighted by Gasteiger charge is 2.73. The molecule has 2 amide bonds. The van der Waals surface area contributed by atoms with Crippen molar-refractivity contribution >= 4 is 23.7 Å². The lowest BCUT2D eigenvalue weighted by Crippen LogP contribution is -2.78. The molecule has 4 atom stereocenters. The third kappa shape index (κ3) is 4.04. The van der Waals surface area contributed by atoms with E-state index in [2.05, 4.69) is 39.8 Å². The monoisotopic (exact) mass is 580 g/mol. The number of benzene rings is 2. The molecule has 4 heterocycles. The minimum absolute atomic E-state index is 0.0832. The highest BCUT2D eigenvalue weighted by Crippen LogP contribution is 2.45. The van der Waals surface area contributed by atoms with E-state index in [1.165, 1.54) is 29.2 Å². The maximum atomic E-state index is 14.1. The zero-order chi connectivity index (χ0) is 30.0. The minimum Gasteiger partial charge on any atom is -0.492 e. The molecule has 1 fully saturated rings. The molecule has 2 aromatic carbocycles. The molecule has 0 aromatic heterocycles. The third-order valence-electron chi connectivity index (χ3n) is 8.66. The van der Waals surface area contributed by atoms with Crippen LogP contribution in [0.4, 0.5) is 4.39 Å². The molecule has 0 aliphatic carbocycles. The molecule has 222 valence electrons. The zero-order valence-electron chi connectivity index (χ0n) is 23.1. The van der Waals surface area contributed by atoms with E-state index in [1.54, 1.807) is 12.1 Å². The van der Waals surface area contributed by atoms with Crippen LogP contribution in [-0.4, -0.2) is 88.1 Å². The van der Waals surface area contributed by atoms with Crippen LogP contribution in [0.1, 0.15) is 46.5 Å². The van der Waals surface area contributed by atoms with E-state index in [-0.39, 0.29) is 41.6 Å². The molecule has 9 N–H and O–H groups in total. The molecule has 4 aliphatic heterocycles. The van der Waals surface area contributed by atoms with Crippen LogP contribution in [0.3, 0.4) is 0 Å². The number of nitrogens with two attached hydrogens (primary N) is 2. The first-order chi connectivity index (χ1) is 19.9. The number of carbonyl (C=O) groups is 2. The number of aliphatic hydroxyl groups is 2. The van der Waals surface area contributed by atoms with Crippen LogP contribution >= 0.6 is 0 Å². The highest BCUT2D eigenvalue weighted by molar-refractivity contribution is 5.98. The number of rotatable bonds is 5. The van der Waals surface area contributed by atoms with E-state index in [9.17, 15) is 24.2 Å². The van der Waals surface area contributed by atoms with E-state index < -0.39 is 47.2 Å². The summed E-state index contributed by atoms with van der Waals surface area (Å²) >= 11 is 0. The van der Waals surface area contributed by atoms with Crippen LogP contribution in [-0.2, 0) is 5.41 Å². The number of fused-ring (bicyclic) bond motifs is 1. The van der Waals surface area contributed by atoms with Gasteiger partial charge in [-0.25, -0.2) is 14.4 Å². The SMILES string of the molecule is CC1(C)CCOc2c(C(=O)NC3CN4C(N)=NC(CNC(=O)c5ccccc5F)C5N=C(N)NC54C3(O)O)cccc21. The average molecular weight is 581 g/mol. The fourth-order valence-electron chi connectivity index (χ4n) is 6.37. The summed E-state index contributed by atoms with van der Waals surface area (Å²) in [5.41, 5.74) is 11.3. The number of hydrogen-bond donors (Lipinski definition) is 7. The number of halogens is 1. The van der Waals surface area contributed by atoms with Crippen LogP contribution < -0.4 is 32.2 Å². The zero-order valence-corrected chi connectivity index (χ0v) is 23.1. The molecule has 1 spiro atoms. The van der Waals surface area contributed by atoms with Crippen molar-refractivity contribution in [3.05, 3.63) is 65.0 Å². The van der Waals surface area contributed by atoms with Gasteiger partial charge in [0.15, 0.2) is 17.6 Å². The number of aliphatic imine (C=N–C) groups is 2. The summed E-state index contributed by atoms with van der Waals surface area (Å²) in [6.07, 6.45) is 0.788. The highest BCUT2D eigenvalue weighted by atomic mass is 19.1. The topological polar surface area (TPSA) is 200 Å². The second-order valence-electron chi connectivity index (χ2n) is 11.6. The molecular formula is C28H33FN8O5. The van der Waals surface area contributed by atoms with Crippen LogP contribution in [0.5, 0.6) is 5.75 Å². The summed E-state index contributed by atoms with van der Waals surface area (Å²) in [6, 6.07) is 7.58. The van der Waals surface area contributed by atoms with Crippen molar-refractivity contribution in [2.24, 2.45) is 21.5 Å². The number of nitrogens with one attached hydrogen (secondary N) is 3. The fraction of sp³-hybridized carbons (Fsp3) is 0.429. The van der Waals surface area contributed by atoms with Gasteiger partial charge in [-0.1, -0.05) is 38.1 Å². The first-order valence-corrected chi connectivity index (χ1v) is 13.6. The molecule has 6 rings (SSSR count). The average Bonchev–Trinajstić information content (AvgIpc) is 3.41. The molecule has 4 unspecified atom stereocenters. The maximum absolute atomic E-state index is 14.1. The lowest BCUT2D eigenvalue weighted by Gasteiger charge is -2.49. The summed E-state index contributed by atoms with van der Waals surface area (Å²) in [6.45, 7) is 4.28. The van der Waals surface area contributed by atoms with Gasteiger partial charge in [0.05, 0.1) is 23.8 Å². The van der Waals surface area contributed by atoms with Crippen molar-refractivity contribution < 1.29 is 28.9 Å². The van der Waals surface area contributed by atoms with Gasteiger partial charge in [0.25, 0.3) is 11.8 Å². The Hall–Kier alpha value is -4.43. The Morgan fingerprint density at radius 3 is 2.62 bits per heavy atom. The quantitative estimate of drug-likeness (QED) is 0.219. The van der Waals surface area contributed by atoms with E-state index in [1.807, 2.05) is 6.07 Å².